The number of aryl methyl sites for hydroxylation is 1. The molecule has 2 heterocycles. The van der Waals surface area contributed by atoms with Crippen LogP contribution in [0.3, 0.4) is 0 Å². The summed E-state index contributed by atoms with van der Waals surface area (Å²) >= 11 is 1.48. The molecule has 20 heavy (non-hydrogen) atoms. The van der Waals surface area contributed by atoms with E-state index >= 15 is 0 Å². The molecular weight excluding hydrogens is 266 g/mol. The molecule has 0 aromatic carbocycles. The van der Waals surface area contributed by atoms with E-state index in [0.29, 0.717) is 0 Å². The van der Waals surface area contributed by atoms with Crippen molar-refractivity contribution in [1.29, 1.82) is 0 Å². The maximum Gasteiger partial charge on any atom is 0.195 e. The minimum atomic E-state index is 0.0646. The first-order valence-corrected chi connectivity index (χ1v) is 7.79. The Labute approximate surface area is 123 Å². The van der Waals surface area contributed by atoms with Crippen LogP contribution in [0.2, 0.25) is 0 Å². The summed E-state index contributed by atoms with van der Waals surface area (Å²) < 4.78 is 2.12. The first-order chi connectivity index (χ1) is 9.79. The molecule has 0 fully saturated rings. The Morgan fingerprint density at radius 1 is 1.35 bits per heavy atom. The lowest BCUT2D eigenvalue weighted by molar-refractivity contribution is 0.105. The molecule has 2 nitrogen and oxygen atoms in total. The van der Waals surface area contributed by atoms with E-state index in [-0.39, 0.29) is 5.78 Å². The van der Waals surface area contributed by atoms with E-state index in [2.05, 4.69) is 17.2 Å². The third kappa shape index (κ3) is 2.41. The van der Waals surface area contributed by atoms with Gasteiger partial charge < -0.3 is 4.57 Å². The van der Waals surface area contributed by atoms with Gasteiger partial charge in [0.2, 0.25) is 0 Å². The highest BCUT2D eigenvalue weighted by Gasteiger charge is 2.15. The second-order valence-electron chi connectivity index (χ2n) is 4.98. The number of nitrogens with zero attached hydrogens (tertiary/aromatic N) is 1. The number of fused-ring (bicyclic) bond motifs is 1. The Kier molecular flexibility index (Phi) is 3.70. The van der Waals surface area contributed by atoms with Gasteiger partial charge in [-0.3, -0.25) is 4.79 Å². The zero-order chi connectivity index (χ0) is 13.9. The Balaban J connectivity index is 1.89. The number of thiophene rings is 1. The number of carbonyl (C=O) groups excluding carboxylic acids is 1. The molecule has 0 amide bonds. The van der Waals surface area contributed by atoms with Crippen molar-refractivity contribution < 1.29 is 4.79 Å². The van der Waals surface area contributed by atoms with E-state index in [1.165, 1.54) is 35.4 Å². The van der Waals surface area contributed by atoms with Crippen molar-refractivity contribution in [3.05, 3.63) is 58.1 Å². The molecule has 0 spiro atoms. The summed E-state index contributed by atoms with van der Waals surface area (Å²) in [5, 5.41) is 1.92. The van der Waals surface area contributed by atoms with Gasteiger partial charge >= 0.3 is 0 Å². The molecule has 0 bridgehead atoms. The van der Waals surface area contributed by atoms with Crippen LogP contribution in [-0.4, -0.2) is 10.4 Å². The van der Waals surface area contributed by atoms with Crippen LogP contribution in [0.1, 0.15) is 39.5 Å². The lowest BCUT2D eigenvalue weighted by atomic mass is 9.98. The molecule has 0 radical (unpaired) electrons. The molecule has 102 valence electrons. The van der Waals surface area contributed by atoms with Gasteiger partial charge in [-0.2, -0.15) is 0 Å². The molecule has 2 aromatic rings. The van der Waals surface area contributed by atoms with Gasteiger partial charge in [0, 0.05) is 17.6 Å². The topological polar surface area (TPSA) is 22.0 Å². The average molecular weight is 283 g/mol. The lowest BCUT2D eigenvalue weighted by Crippen LogP contribution is -2.04. The van der Waals surface area contributed by atoms with E-state index in [0.717, 1.165) is 23.4 Å². The number of carbonyl (C=O) groups is 1. The molecule has 0 aliphatic heterocycles. The number of aromatic nitrogens is 1. The zero-order valence-electron chi connectivity index (χ0n) is 11.3. The van der Waals surface area contributed by atoms with Crippen LogP contribution in [0.4, 0.5) is 0 Å². The van der Waals surface area contributed by atoms with Gasteiger partial charge in [0.1, 0.15) is 0 Å². The quantitative estimate of drug-likeness (QED) is 0.601. The minimum Gasteiger partial charge on any atom is -0.321 e. The predicted molar refractivity (Wildman–Crippen MR) is 85.1 cm³/mol. The molecule has 0 saturated heterocycles. The highest BCUT2D eigenvalue weighted by Crippen LogP contribution is 2.26. The summed E-state index contributed by atoms with van der Waals surface area (Å²) in [7, 11) is 0. The van der Waals surface area contributed by atoms with Crippen LogP contribution in [0, 0.1) is 0 Å². The third-order valence-corrected chi connectivity index (χ3v) is 4.61. The van der Waals surface area contributed by atoms with Gasteiger partial charge in [-0.05, 0) is 60.9 Å². The van der Waals surface area contributed by atoms with Crippen LogP contribution in [0.15, 0.2) is 36.2 Å². The molecule has 3 rings (SSSR count). The normalized spacial score (nSPS) is 14.4. The van der Waals surface area contributed by atoms with Crippen LogP contribution in [0.25, 0.3) is 12.3 Å². The Hall–Kier alpha value is -1.87. The number of hydrogen-bond donors (Lipinski definition) is 0. The maximum absolute atomic E-state index is 12.0. The molecular formula is C17H17NOS. The smallest absolute Gasteiger partial charge is 0.195 e. The molecule has 0 saturated carbocycles. The van der Waals surface area contributed by atoms with Crippen LogP contribution >= 0.6 is 11.3 Å². The van der Waals surface area contributed by atoms with E-state index < -0.39 is 0 Å². The van der Waals surface area contributed by atoms with Gasteiger partial charge in [0.05, 0.1) is 4.88 Å². The van der Waals surface area contributed by atoms with E-state index in [1.54, 1.807) is 6.08 Å². The van der Waals surface area contributed by atoms with Crippen molar-refractivity contribution in [2.24, 2.45) is 0 Å². The monoisotopic (exact) mass is 283 g/mol. The van der Waals surface area contributed by atoms with Crippen molar-refractivity contribution in [1.82, 2.24) is 4.57 Å². The maximum atomic E-state index is 12.0. The minimum absolute atomic E-state index is 0.0646. The summed E-state index contributed by atoms with van der Waals surface area (Å²) in [6, 6.07) is 5.94. The number of allylic oxidation sites excluding steroid dienone is 1. The molecule has 2 aromatic heterocycles. The molecule has 0 atom stereocenters. The number of rotatable bonds is 4. The van der Waals surface area contributed by atoms with Gasteiger partial charge in [-0.1, -0.05) is 12.6 Å². The molecule has 3 heteroatoms. The Bertz CT molecular complexity index is 661. The summed E-state index contributed by atoms with van der Waals surface area (Å²) in [6.07, 6.45) is 10.1. The van der Waals surface area contributed by atoms with Crippen molar-refractivity contribution in [2.75, 3.05) is 0 Å². The van der Waals surface area contributed by atoms with Crippen LogP contribution < -0.4 is 0 Å². The largest absolute Gasteiger partial charge is 0.321 e. The Morgan fingerprint density at radius 3 is 2.95 bits per heavy atom. The highest BCUT2D eigenvalue weighted by molar-refractivity contribution is 7.12. The fourth-order valence-electron chi connectivity index (χ4n) is 2.75. The highest BCUT2D eigenvalue weighted by atomic mass is 32.1. The fraction of sp³-hybridized carbons (Fsp3) is 0.235. The van der Waals surface area contributed by atoms with Crippen LogP contribution in [0.5, 0.6) is 0 Å². The van der Waals surface area contributed by atoms with E-state index in [9.17, 15) is 4.79 Å². The van der Waals surface area contributed by atoms with Crippen molar-refractivity contribution in [3.8, 4) is 0 Å². The SMILES string of the molecule is C=Cn1c(/C=C/C(=O)c2cccs2)cc2c1CCCC2. The molecule has 1 aliphatic rings. The standard InChI is InChI=1S/C17H17NOS/c1-2-18-14(12-13-6-3-4-7-15(13)18)9-10-16(19)17-8-5-11-20-17/h2,5,8-12H,1,3-4,6-7H2/b10-9+. The van der Waals surface area contributed by atoms with Gasteiger partial charge in [0.25, 0.3) is 0 Å². The Morgan fingerprint density at radius 2 is 2.20 bits per heavy atom. The fourth-order valence-corrected chi connectivity index (χ4v) is 3.40. The second kappa shape index (κ2) is 5.63. The van der Waals surface area contributed by atoms with E-state index in [1.807, 2.05) is 29.8 Å². The molecule has 1 aliphatic carbocycles. The third-order valence-electron chi connectivity index (χ3n) is 3.72. The first-order valence-electron chi connectivity index (χ1n) is 6.91. The number of ketones is 1. The summed E-state index contributed by atoms with van der Waals surface area (Å²) in [5.74, 6) is 0.0646. The van der Waals surface area contributed by atoms with Crippen LogP contribution in [-0.2, 0) is 12.8 Å². The summed E-state index contributed by atoms with van der Waals surface area (Å²) in [4.78, 5) is 12.8. The molecule has 0 unspecified atom stereocenters. The van der Waals surface area contributed by atoms with E-state index in [4.69, 9.17) is 0 Å². The first kappa shape index (κ1) is 13.1. The predicted octanol–water partition coefficient (Wildman–Crippen LogP) is 4.43. The van der Waals surface area contributed by atoms with Crippen molar-refractivity contribution in [2.45, 2.75) is 25.7 Å². The van der Waals surface area contributed by atoms with Crippen molar-refractivity contribution in [3.63, 3.8) is 0 Å². The van der Waals surface area contributed by atoms with Gasteiger partial charge in [-0.25, -0.2) is 0 Å². The number of hydrogen-bond acceptors (Lipinski definition) is 2. The second-order valence-corrected chi connectivity index (χ2v) is 5.92. The zero-order valence-corrected chi connectivity index (χ0v) is 12.2. The summed E-state index contributed by atoms with van der Waals surface area (Å²) in [6.45, 7) is 3.90. The molecule has 0 N–H and O–H groups in total. The van der Waals surface area contributed by atoms with Gasteiger partial charge in [-0.15, -0.1) is 11.3 Å². The van der Waals surface area contributed by atoms with Crippen molar-refractivity contribution >= 4 is 29.4 Å². The average Bonchev–Trinajstić information content (AvgIpc) is 3.11. The summed E-state index contributed by atoms with van der Waals surface area (Å²) in [5.41, 5.74) is 3.81. The van der Waals surface area contributed by atoms with Gasteiger partial charge in [0.15, 0.2) is 5.78 Å². The lowest BCUT2D eigenvalue weighted by Gasteiger charge is -2.13.